The van der Waals surface area contributed by atoms with Crippen molar-refractivity contribution in [2.75, 3.05) is 13.1 Å². The van der Waals surface area contributed by atoms with E-state index < -0.39 is 42.2 Å². The van der Waals surface area contributed by atoms with E-state index in [4.69, 9.17) is 20.4 Å². The number of benzene rings is 1. The molecule has 3 aromatic rings. The van der Waals surface area contributed by atoms with Crippen LogP contribution in [0.2, 0.25) is 0 Å². The number of hydrogen-bond donors (Lipinski definition) is 5. The maximum atomic E-state index is 13.8. The molecule has 1 fully saturated rings. The summed E-state index contributed by atoms with van der Waals surface area (Å²) in [5, 5.41) is 42.3. The lowest BCUT2D eigenvalue weighted by molar-refractivity contribution is -0.170. The number of hydrogen-bond acceptors (Lipinski definition) is 7. The number of halogens is 2. The molecule has 1 aliphatic rings. The molecule has 13 heteroatoms. The number of carboxylic acid groups (broad SMARTS) is 3. The van der Waals surface area contributed by atoms with Crippen molar-refractivity contribution in [1.29, 1.82) is 0 Å². The number of rotatable bonds is 8. The topological polar surface area (TPSA) is 177 Å². The molecule has 2 aromatic heterocycles. The van der Waals surface area contributed by atoms with Gasteiger partial charge >= 0.3 is 17.9 Å². The van der Waals surface area contributed by atoms with Crippen molar-refractivity contribution in [3.05, 3.63) is 59.4 Å². The Bertz CT molecular complexity index is 1260. The molecular formula is C24H26F2N4O7. The quantitative estimate of drug-likeness (QED) is 0.296. The molecule has 0 saturated carbocycles. The van der Waals surface area contributed by atoms with Crippen LogP contribution in [0.5, 0.6) is 0 Å². The number of nitrogens with one attached hydrogen (secondary N) is 1. The fraction of sp³-hybridized carbons (Fsp3) is 0.375. The minimum absolute atomic E-state index is 0.343. The number of H-pyrrole nitrogens is 1. The molecule has 0 bridgehead atoms. The van der Waals surface area contributed by atoms with Gasteiger partial charge in [-0.15, -0.1) is 0 Å². The van der Waals surface area contributed by atoms with Gasteiger partial charge in [0.05, 0.1) is 12.8 Å². The number of piperidine rings is 1. The second-order valence-electron chi connectivity index (χ2n) is 8.78. The first-order chi connectivity index (χ1) is 17.5. The Balaban J connectivity index is 0.000000251. The van der Waals surface area contributed by atoms with E-state index in [0.717, 1.165) is 48.7 Å². The number of carboxylic acids is 3. The maximum absolute atomic E-state index is 13.8. The number of fused-ring (bicyclic) bond motifs is 1. The van der Waals surface area contributed by atoms with Crippen molar-refractivity contribution in [3.63, 3.8) is 0 Å². The van der Waals surface area contributed by atoms with Gasteiger partial charge in [-0.25, -0.2) is 18.6 Å². The Morgan fingerprint density at radius 1 is 1.05 bits per heavy atom. The van der Waals surface area contributed by atoms with Crippen molar-refractivity contribution >= 4 is 28.9 Å². The zero-order valence-corrected chi connectivity index (χ0v) is 19.6. The minimum atomic E-state index is -2.74. The molecule has 0 amide bonds. The van der Waals surface area contributed by atoms with Crippen LogP contribution in [-0.2, 0) is 20.9 Å². The van der Waals surface area contributed by atoms with Gasteiger partial charge in [-0.3, -0.25) is 19.6 Å². The summed E-state index contributed by atoms with van der Waals surface area (Å²) in [5.74, 6) is -5.36. The molecule has 198 valence electrons. The third-order valence-corrected chi connectivity index (χ3v) is 6.04. The minimum Gasteiger partial charge on any atom is -0.481 e. The number of aromatic amines is 1. The zero-order valence-electron chi connectivity index (χ0n) is 19.6. The van der Waals surface area contributed by atoms with Gasteiger partial charge in [-0.2, -0.15) is 5.10 Å². The largest absolute Gasteiger partial charge is 0.481 e. The first kappa shape index (κ1) is 27.6. The first-order valence-corrected chi connectivity index (χ1v) is 11.3. The number of carbonyl (C=O) groups is 3. The molecule has 1 aromatic carbocycles. The summed E-state index contributed by atoms with van der Waals surface area (Å²) < 4.78 is 27.1. The van der Waals surface area contributed by atoms with Crippen molar-refractivity contribution in [2.45, 2.75) is 43.7 Å². The van der Waals surface area contributed by atoms with E-state index in [0.29, 0.717) is 18.0 Å². The van der Waals surface area contributed by atoms with Crippen LogP contribution < -0.4 is 0 Å². The van der Waals surface area contributed by atoms with Gasteiger partial charge in [0.2, 0.25) is 0 Å². The fourth-order valence-electron chi connectivity index (χ4n) is 4.18. The van der Waals surface area contributed by atoms with Gasteiger partial charge in [0.1, 0.15) is 11.6 Å². The molecule has 1 aliphatic heterocycles. The van der Waals surface area contributed by atoms with Gasteiger partial charge in [0.15, 0.2) is 11.2 Å². The van der Waals surface area contributed by atoms with E-state index in [2.05, 4.69) is 20.1 Å². The van der Waals surface area contributed by atoms with Crippen molar-refractivity contribution < 1.29 is 43.6 Å². The predicted molar refractivity (Wildman–Crippen MR) is 125 cm³/mol. The summed E-state index contributed by atoms with van der Waals surface area (Å²) in [7, 11) is 0. The lowest BCUT2D eigenvalue weighted by Crippen LogP contribution is -2.42. The van der Waals surface area contributed by atoms with Crippen molar-refractivity contribution in [3.8, 4) is 0 Å². The number of likely N-dealkylation sites (tertiary alicyclic amines) is 1. The van der Waals surface area contributed by atoms with Crippen LogP contribution in [0.1, 0.15) is 42.9 Å². The summed E-state index contributed by atoms with van der Waals surface area (Å²) in [6.07, 6.45) is 1.37. The number of aliphatic hydroxyl groups is 1. The van der Waals surface area contributed by atoms with Crippen molar-refractivity contribution in [2.24, 2.45) is 0 Å². The molecule has 0 aliphatic carbocycles. The monoisotopic (exact) mass is 520 g/mol. The molecule has 4 rings (SSSR count). The maximum Gasteiger partial charge on any atom is 0.336 e. The molecule has 37 heavy (non-hydrogen) atoms. The number of aliphatic carboxylic acids is 3. The Kier molecular flexibility index (Phi) is 8.84. The van der Waals surface area contributed by atoms with E-state index in [1.54, 1.807) is 6.20 Å². The van der Waals surface area contributed by atoms with Crippen LogP contribution in [0.3, 0.4) is 0 Å². The van der Waals surface area contributed by atoms with Gasteiger partial charge in [0.25, 0.3) is 0 Å². The Hall–Kier alpha value is -3.97. The highest BCUT2D eigenvalue weighted by Gasteiger charge is 2.40. The van der Waals surface area contributed by atoms with Gasteiger partial charge in [0, 0.05) is 35.3 Å². The average Bonchev–Trinajstić information content (AvgIpc) is 3.25. The summed E-state index contributed by atoms with van der Waals surface area (Å²) >= 11 is 0. The van der Waals surface area contributed by atoms with E-state index >= 15 is 0 Å². The molecule has 3 heterocycles. The second-order valence-corrected chi connectivity index (χ2v) is 8.78. The van der Waals surface area contributed by atoms with Gasteiger partial charge in [-0.1, -0.05) is 0 Å². The van der Waals surface area contributed by atoms with Crippen LogP contribution in [0, 0.1) is 11.6 Å². The van der Waals surface area contributed by atoms with E-state index in [1.165, 1.54) is 12.1 Å². The van der Waals surface area contributed by atoms with Crippen LogP contribution in [0.25, 0.3) is 11.0 Å². The summed E-state index contributed by atoms with van der Waals surface area (Å²) in [4.78, 5) is 36.9. The molecule has 0 unspecified atom stereocenters. The van der Waals surface area contributed by atoms with Gasteiger partial charge in [-0.05, 0) is 56.3 Å². The summed E-state index contributed by atoms with van der Waals surface area (Å²) in [6, 6.07) is 7.60. The highest BCUT2D eigenvalue weighted by Crippen LogP contribution is 2.31. The molecule has 5 N–H and O–H groups in total. The summed E-state index contributed by atoms with van der Waals surface area (Å²) in [6.45, 7) is 2.14. The molecule has 1 saturated heterocycles. The standard InChI is InChI=1S/C18H18F2N4.C6H8O7/c19-14-3-4-16(20)13(10-14)11-24-8-5-12(6-9-24)17-15-2-1-7-21-18(15)23-22-17;7-3(8)1-6(13,5(11)12)2-4(9)10/h1-4,7,10,12H,5-6,8-9,11H2,(H,21,22,23);13H,1-2H2,(H,7,8)(H,9,10)(H,11,12). The smallest absolute Gasteiger partial charge is 0.336 e. The number of pyridine rings is 1. The molecule has 0 radical (unpaired) electrons. The molecule has 0 atom stereocenters. The molecule has 11 nitrogen and oxygen atoms in total. The third-order valence-electron chi connectivity index (χ3n) is 6.04. The van der Waals surface area contributed by atoms with E-state index in [-0.39, 0.29) is 5.82 Å². The first-order valence-electron chi connectivity index (χ1n) is 11.3. The molecular weight excluding hydrogens is 494 g/mol. The lowest BCUT2D eigenvalue weighted by atomic mass is 9.92. The van der Waals surface area contributed by atoms with Crippen LogP contribution in [0.4, 0.5) is 8.78 Å². The van der Waals surface area contributed by atoms with Crippen molar-refractivity contribution in [1.82, 2.24) is 20.1 Å². The zero-order chi connectivity index (χ0) is 27.2. The average molecular weight is 520 g/mol. The summed E-state index contributed by atoms with van der Waals surface area (Å²) in [5.41, 5.74) is -0.436. The van der Waals surface area contributed by atoms with E-state index in [9.17, 15) is 23.2 Å². The van der Waals surface area contributed by atoms with Crippen LogP contribution in [0.15, 0.2) is 36.5 Å². The SMILES string of the molecule is Fc1ccc(F)c(CN2CCC(c3[nH]nc4ncccc34)CC2)c1.O=C(O)CC(O)(CC(=O)O)C(=O)O. The van der Waals surface area contributed by atoms with Crippen LogP contribution >= 0.6 is 0 Å². The number of aromatic nitrogens is 3. The highest BCUT2D eigenvalue weighted by molar-refractivity contribution is 5.88. The fourth-order valence-corrected chi connectivity index (χ4v) is 4.18. The number of nitrogens with zero attached hydrogens (tertiary/aromatic N) is 3. The van der Waals surface area contributed by atoms with E-state index in [1.807, 2.05) is 12.1 Å². The predicted octanol–water partition coefficient (Wildman–Crippen LogP) is 2.37. The Morgan fingerprint density at radius 3 is 2.30 bits per heavy atom. The van der Waals surface area contributed by atoms with Crippen LogP contribution in [-0.4, -0.2) is 77.1 Å². The lowest BCUT2D eigenvalue weighted by Gasteiger charge is -2.31. The Labute approximate surface area is 209 Å². The Morgan fingerprint density at radius 2 is 1.70 bits per heavy atom. The molecule has 0 spiro atoms. The second kappa shape index (κ2) is 11.8. The van der Waals surface area contributed by atoms with Gasteiger partial charge < -0.3 is 20.4 Å². The highest BCUT2D eigenvalue weighted by atomic mass is 19.1. The normalized spacial score (nSPS) is 14.7. The third kappa shape index (κ3) is 7.27.